The first-order chi connectivity index (χ1) is 8.31. The lowest BCUT2D eigenvalue weighted by Gasteiger charge is -2.09. The highest BCUT2D eigenvalue weighted by molar-refractivity contribution is 5.90. The number of fused-ring (bicyclic) bond motifs is 3. The molecule has 0 bridgehead atoms. The summed E-state index contributed by atoms with van der Waals surface area (Å²) in [6, 6.07) is 6.32. The number of benzene rings is 1. The average Bonchev–Trinajstić information content (AvgIpc) is 2.62. The standard InChI is InChI=1S/C14H18N2O/c1-17-12-8-4-5-9-13-10(15)6-2-3-7-11(13)16-14(9)12/h4-5,8,10,16H,2-3,6-7,15H2,1H3. The smallest absolute Gasteiger partial charge is 0.142 e. The molecule has 1 aromatic carbocycles. The summed E-state index contributed by atoms with van der Waals surface area (Å²) < 4.78 is 5.40. The number of ether oxygens (including phenoxy) is 1. The molecule has 90 valence electrons. The third-order valence-corrected chi connectivity index (χ3v) is 3.70. The number of para-hydroxylation sites is 1. The van der Waals surface area contributed by atoms with Crippen molar-refractivity contribution in [3.63, 3.8) is 0 Å². The largest absolute Gasteiger partial charge is 0.495 e. The Morgan fingerprint density at radius 1 is 1.35 bits per heavy atom. The van der Waals surface area contributed by atoms with Crippen LogP contribution < -0.4 is 10.5 Å². The minimum absolute atomic E-state index is 0.161. The summed E-state index contributed by atoms with van der Waals surface area (Å²) in [7, 11) is 1.71. The Morgan fingerprint density at radius 3 is 3.06 bits per heavy atom. The zero-order valence-corrected chi connectivity index (χ0v) is 10.1. The van der Waals surface area contributed by atoms with E-state index >= 15 is 0 Å². The van der Waals surface area contributed by atoms with Gasteiger partial charge in [0.1, 0.15) is 5.75 Å². The van der Waals surface area contributed by atoms with Gasteiger partial charge in [0, 0.05) is 17.1 Å². The van der Waals surface area contributed by atoms with Gasteiger partial charge in [-0.25, -0.2) is 0 Å². The maximum Gasteiger partial charge on any atom is 0.142 e. The fraction of sp³-hybridized carbons (Fsp3) is 0.429. The Kier molecular flexibility index (Phi) is 2.56. The Hall–Kier alpha value is -1.48. The summed E-state index contributed by atoms with van der Waals surface area (Å²) in [5.41, 5.74) is 9.99. The molecule has 17 heavy (non-hydrogen) atoms. The molecule has 0 saturated carbocycles. The van der Waals surface area contributed by atoms with Gasteiger partial charge < -0.3 is 15.5 Å². The number of nitrogens with two attached hydrogens (primary N) is 1. The van der Waals surface area contributed by atoms with Crippen LogP contribution in [0.4, 0.5) is 0 Å². The maximum absolute atomic E-state index is 6.29. The first-order valence-electron chi connectivity index (χ1n) is 6.24. The van der Waals surface area contributed by atoms with E-state index in [0.717, 1.165) is 24.1 Å². The van der Waals surface area contributed by atoms with E-state index in [0.29, 0.717) is 0 Å². The van der Waals surface area contributed by atoms with Crippen molar-refractivity contribution < 1.29 is 4.74 Å². The van der Waals surface area contributed by atoms with E-state index in [9.17, 15) is 0 Å². The summed E-state index contributed by atoms with van der Waals surface area (Å²) in [5, 5.41) is 1.23. The van der Waals surface area contributed by atoms with Crippen LogP contribution in [0, 0.1) is 0 Å². The van der Waals surface area contributed by atoms with Gasteiger partial charge in [-0.2, -0.15) is 0 Å². The van der Waals surface area contributed by atoms with E-state index in [4.69, 9.17) is 10.5 Å². The van der Waals surface area contributed by atoms with Crippen LogP contribution in [0.15, 0.2) is 18.2 Å². The van der Waals surface area contributed by atoms with Crippen molar-refractivity contribution in [3.8, 4) is 5.75 Å². The number of methoxy groups -OCH3 is 1. The molecule has 1 aliphatic carbocycles. The Morgan fingerprint density at radius 2 is 2.24 bits per heavy atom. The number of hydrogen-bond donors (Lipinski definition) is 2. The number of rotatable bonds is 1. The number of hydrogen-bond acceptors (Lipinski definition) is 2. The minimum atomic E-state index is 0.161. The van der Waals surface area contributed by atoms with E-state index in [-0.39, 0.29) is 6.04 Å². The lowest BCUT2D eigenvalue weighted by atomic mass is 10.0. The van der Waals surface area contributed by atoms with Gasteiger partial charge in [-0.05, 0) is 30.9 Å². The second-order valence-electron chi connectivity index (χ2n) is 4.75. The second-order valence-corrected chi connectivity index (χ2v) is 4.75. The van der Waals surface area contributed by atoms with Gasteiger partial charge in [0.2, 0.25) is 0 Å². The molecule has 1 heterocycles. The van der Waals surface area contributed by atoms with Crippen molar-refractivity contribution in [2.75, 3.05) is 7.11 Å². The van der Waals surface area contributed by atoms with Crippen molar-refractivity contribution in [3.05, 3.63) is 29.5 Å². The molecule has 2 aromatic rings. The minimum Gasteiger partial charge on any atom is -0.495 e. The zero-order chi connectivity index (χ0) is 11.8. The average molecular weight is 230 g/mol. The van der Waals surface area contributed by atoms with Gasteiger partial charge in [-0.15, -0.1) is 0 Å². The molecule has 1 atom stereocenters. The van der Waals surface area contributed by atoms with Crippen molar-refractivity contribution in [2.24, 2.45) is 5.73 Å². The number of aromatic amines is 1. The van der Waals surface area contributed by atoms with Gasteiger partial charge in [0.05, 0.1) is 12.6 Å². The Labute approximate surface area is 101 Å². The zero-order valence-electron chi connectivity index (χ0n) is 10.1. The Balaban J connectivity index is 2.27. The molecule has 0 spiro atoms. The van der Waals surface area contributed by atoms with Crippen LogP contribution in [0.25, 0.3) is 10.9 Å². The van der Waals surface area contributed by atoms with Crippen LogP contribution in [0.2, 0.25) is 0 Å². The summed E-state index contributed by atoms with van der Waals surface area (Å²) in [4.78, 5) is 3.50. The fourth-order valence-electron chi connectivity index (χ4n) is 2.87. The van der Waals surface area contributed by atoms with E-state index in [1.807, 2.05) is 12.1 Å². The van der Waals surface area contributed by atoms with E-state index in [1.165, 1.54) is 29.5 Å². The summed E-state index contributed by atoms with van der Waals surface area (Å²) in [5.74, 6) is 0.905. The van der Waals surface area contributed by atoms with E-state index in [1.54, 1.807) is 7.11 Å². The van der Waals surface area contributed by atoms with Crippen LogP contribution in [0.1, 0.15) is 36.6 Å². The van der Waals surface area contributed by atoms with Crippen molar-refractivity contribution in [2.45, 2.75) is 31.7 Å². The molecule has 0 radical (unpaired) electrons. The highest BCUT2D eigenvalue weighted by Crippen LogP contribution is 2.36. The summed E-state index contributed by atoms with van der Waals surface area (Å²) >= 11 is 0. The molecule has 3 N–H and O–H groups in total. The number of aryl methyl sites for hydroxylation is 1. The monoisotopic (exact) mass is 230 g/mol. The van der Waals surface area contributed by atoms with Crippen molar-refractivity contribution in [1.82, 2.24) is 4.98 Å². The highest BCUT2D eigenvalue weighted by atomic mass is 16.5. The molecule has 0 saturated heterocycles. The van der Waals surface area contributed by atoms with Crippen LogP contribution in [0.5, 0.6) is 5.75 Å². The molecule has 0 aliphatic heterocycles. The van der Waals surface area contributed by atoms with Crippen LogP contribution in [-0.2, 0) is 6.42 Å². The SMILES string of the molecule is COc1cccc2c3c([nH]c12)CCCCC3N. The lowest BCUT2D eigenvalue weighted by molar-refractivity contribution is 0.419. The summed E-state index contributed by atoms with van der Waals surface area (Å²) in [6.07, 6.45) is 4.61. The summed E-state index contributed by atoms with van der Waals surface area (Å²) in [6.45, 7) is 0. The molecule has 1 unspecified atom stereocenters. The Bertz CT molecular complexity index is 544. The normalized spacial score (nSPS) is 20.0. The molecule has 3 nitrogen and oxygen atoms in total. The van der Waals surface area contributed by atoms with Gasteiger partial charge in [0.25, 0.3) is 0 Å². The molecule has 3 heteroatoms. The highest BCUT2D eigenvalue weighted by Gasteiger charge is 2.21. The third kappa shape index (κ3) is 1.62. The first-order valence-corrected chi connectivity index (χ1v) is 6.24. The predicted molar refractivity (Wildman–Crippen MR) is 69.3 cm³/mol. The van der Waals surface area contributed by atoms with Gasteiger partial charge >= 0.3 is 0 Å². The van der Waals surface area contributed by atoms with Crippen LogP contribution in [-0.4, -0.2) is 12.1 Å². The lowest BCUT2D eigenvalue weighted by Crippen LogP contribution is -2.09. The van der Waals surface area contributed by atoms with E-state index in [2.05, 4.69) is 11.1 Å². The van der Waals surface area contributed by atoms with Crippen molar-refractivity contribution in [1.29, 1.82) is 0 Å². The number of aromatic nitrogens is 1. The molecule has 1 aromatic heterocycles. The quantitative estimate of drug-likeness (QED) is 0.740. The number of H-pyrrole nitrogens is 1. The fourth-order valence-corrected chi connectivity index (χ4v) is 2.87. The van der Waals surface area contributed by atoms with E-state index < -0.39 is 0 Å². The van der Waals surface area contributed by atoms with Crippen LogP contribution >= 0.6 is 0 Å². The van der Waals surface area contributed by atoms with Gasteiger partial charge in [-0.3, -0.25) is 0 Å². The molecule has 0 fully saturated rings. The predicted octanol–water partition coefficient (Wildman–Crippen LogP) is 2.90. The molecule has 1 aliphatic rings. The van der Waals surface area contributed by atoms with Crippen LogP contribution in [0.3, 0.4) is 0 Å². The maximum atomic E-state index is 6.29. The topological polar surface area (TPSA) is 51.0 Å². The second kappa shape index (κ2) is 4.08. The van der Waals surface area contributed by atoms with Crippen molar-refractivity contribution >= 4 is 10.9 Å². The molecular weight excluding hydrogens is 212 g/mol. The van der Waals surface area contributed by atoms with Gasteiger partial charge in [-0.1, -0.05) is 18.6 Å². The first kappa shape index (κ1) is 10.7. The third-order valence-electron chi connectivity index (χ3n) is 3.70. The van der Waals surface area contributed by atoms with Gasteiger partial charge in [0.15, 0.2) is 0 Å². The molecule has 3 rings (SSSR count). The molecule has 0 amide bonds. The molecular formula is C14H18N2O. The number of nitrogens with one attached hydrogen (secondary N) is 1.